The Bertz CT molecular complexity index is 1230. The van der Waals surface area contributed by atoms with Gasteiger partial charge in [-0.15, -0.1) is 0 Å². The number of hydrogen-bond donors (Lipinski definition) is 1. The van der Waals surface area contributed by atoms with Crippen molar-refractivity contribution in [2.24, 2.45) is 5.11 Å². The van der Waals surface area contributed by atoms with Crippen molar-refractivity contribution >= 4 is 54.1 Å². The maximum absolute atomic E-state index is 14.1. The lowest BCUT2D eigenvalue weighted by Crippen LogP contribution is -2.14. The van der Waals surface area contributed by atoms with Gasteiger partial charge in [0.2, 0.25) is 0 Å². The van der Waals surface area contributed by atoms with E-state index in [1.165, 1.54) is 18.3 Å². The van der Waals surface area contributed by atoms with E-state index in [1.54, 1.807) is 10.6 Å². The molecule has 0 amide bonds. The number of hydrogen-bond acceptors (Lipinski definition) is 3. The normalized spacial score (nSPS) is 11.4. The molecular weight excluding hydrogens is 480 g/mol. The fourth-order valence-corrected chi connectivity index (χ4v) is 4.39. The van der Waals surface area contributed by atoms with Crippen molar-refractivity contribution in [3.05, 3.63) is 68.1 Å². The Morgan fingerprint density at radius 1 is 1.25 bits per heavy atom. The second kappa shape index (κ2) is 7.96. The molecule has 0 atom stereocenters. The van der Waals surface area contributed by atoms with Crippen molar-refractivity contribution < 1.29 is 17.2 Å². The van der Waals surface area contributed by atoms with Gasteiger partial charge >= 0.3 is 0 Å². The number of fused-ring (bicyclic) bond motifs is 1. The quantitative estimate of drug-likeness (QED) is 0.215. The van der Waals surface area contributed by atoms with Crippen molar-refractivity contribution in [1.29, 1.82) is 0 Å². The first-order valence-electron chi connectivity index (χ1n) is 7.69. The molecule has 0 aliphatic rings. The van der Waals surface area contributed by atoms with Crippen LogP contribution in [0.3, 0.4) is 0 Å². The number of aromatic nitrogens is 1. The third-order valence-electron chi connectivity index (χ3n) is 3.86. The first-order chi connectivity index (χ1) is 13.2. The van der Waals surface area contributed by atoms with Gasteiger partial charge in [-0.1, -0.05) is 16.7 Å². The highest BCUT2D eigenvalue weighted by atomic mass is 79.9. The Hall–Kier alpha value is -2.33. The molecule has 12 heteroatoms. The molecule has 1 aromatic heterocycles. The minimum Gasteiger partial charge on any atom is -0.346 e. The highest BCUT2D eigenvalue weighted by Gasteiger charge is 2.23. The monoisotopic (exact) mass is 489 g/mol. The number of rotatable bonds is 6. The Balaban J connectivity index is 2.09. The molecule has 0 radical (unpaired) electrons. The third kappa shape index (κ3) is 4.07. The summed E-state index contributed by atoms with van der Waals surface area (Å²) in [6.07, 6.45) is 1.32. The van der Waals surface area contributed by atoms with E-state index < -0.39 is 27.3 Å². The maximum Gasteiger partial charge on any atom is 0.264 e. The number of nitrogens with one attached hydrogen (secondary N) is 1. The lowest BCUT2D eigenvalue weighted by Gasteiger charge is -2.09. The summed E-state index contributed by atoms with van der Waals surface area (Å²) >= 11 is 8.84. The van der Waals surface area contributed by atoms with Crippen LogP contribution < -0.4 is 4.72 Å². The first kappa shape index (κ1) is 20.4. The Morgan fingerprint density at radius 2 is 2.00 bits per heavy atom. The fourth-order valence-electron chi connectivity index (χ4n) is 2.63. The second-order valence-corrected chi connectivity index (χ2v) is 8.60. The molecule has 7 nitrogen and oxygen atoms in total. The molecule has 0 bridgehead atoms. The van der Waals surface area contributed by atoms with Crippen LogP contribution in [0, 0.1) is 11.6 Å². The van der Waals surface area contributed by atoms with Crippen molar-refractivity contribution in [3.8, 4) is 0 Å². The largest absolute Gasteiger partial charge is 0.346 e. The topological polar surface area (TPSA) is 99.9 Å². The third-order valence-corrected chi connectivity index (χ3v) is 6.09. The van der Waals surface area contributed by atoms with E-state index in [1.807, 2.05) is 0 Å². The smallest absolute Gasteiger partial charge is 0.264 e. The summed E-state index contributed by atoms with van der Waals surface area (Å²) in [5, 5.41) is 4.14. The van der Waals surface area contributed by atoms with Gasteiger partial charge in [-0.3, -0.25) is 4.72 Å². The summed E-state index contributed by atoms with van der Waals surface area (Å²) in [6.45, 7) is 0.296. The van der Waals surface area contributed by atoms with E-state index in [4.69, 9.17) is 17.1 Å². The fraction of sp³-hybridized carbons (Fsp3) is 0.125. The van der Waals surface area contributed by atoms with Gasteiger partial charge in [-0.05, 0) is 45.7 Å². The number of azide groups is 1. The molecule has 3 aromatic rings. The summed E-state index contributed by atoms with van der Waals surface area (Å²) in [7, 11) is -4.25. The first-order valence-corrected chi connectivity index (χ1v) is 10.3. The van der Waals surface area contributed by atoms with Crippen LogP contribution >= 0.6 is 27.5 Å². The lowest BCUT2D eigenvalue weighted by atomic mass is 10.2. The second-order valence-electron chi connectivity index (χ2n) is 5.65. The maximum atomic E-state index is 14.1. The van der Waals surface area contributed by atoms with E-state index in [2.05, 4.69) is 30.7 Å². The highest BCUT2D eigenvalue weighted by molar-refractivity contribution is 9.10. The summed E-state index contributed by atoms with van der Waals surface area (Å²) < 4.78 is 57.0. The lowest BCUT2D eigenvalue weighted by molar-refractivity contribution is 0.591. The Labute approximate surface area is 171 Å². The number of nitrogens with zero attached hydrogens (tertiary/aromatic N) is 4. The summed E-state index contributed by atoms with van der Waals surface area (Å²) in [4.78, 5) is 2.51. The molecule has 3 rings (SSSR count). The number of benzene rings is 2. The molecule has 1 heterocycles. The van der Waals surface area contributed by atoms with Crippen LogP contribution in [0.25, 0.3) is 21.3 Å². The van der Waals surface area contributed by atoms with Crippen molar-refractivity contribution in [1.82, 2.24) is 4.57 Å². The number of anilines is 1. The van der Waals surface area contributed by atoms with Crippen LogP contribution in [-0.4, -0.2) is 19.5 Å². The number of halogens is 4. The molecule has 2 aromatic carbocycles. The minimum atomic E-state index is -4.25. The molecule has 28 heavy (non-hydrogen) atoms. The van der Waals surface area contributed by atoms with Gasteiger partial charge in [0.05, 0.1) is 15.7 Å². The van der Waals surface area contributed by atoms with E-state index in [0.717, 1.165) is 12.1 Å². The molecule has 0 fully saturated rings. The number of sulfonamides is 1. The molecule has 0 spiro atoms. The average molecular weight is 491 g/mol. The molecule has 0 saturated heterocycles. The van der Waals surface area contributed by atoms with E-state index >= 15 is 0 Å². The molecule has 0 unspecified atom stereocenters. The van der Waals surface area contributed by atoms with Crippen LogP contribution in [0.15, 0.2) is 51.0 Å². The summed E-state index contributed by atoms with van der Waals surface area (Å²) in [5.41, 5.74) is 8.39. The van der Waals surface area contributed by atoms with Gasteiger partial charge in [0, 0.05) is 40.7 Å². The molecular formula is C16H11BrClF2N5O2S. The average Bonchev–Trinajstić information content (AvgIpc) is 2.98. The van der Waals surface area contributed by atoms with Crippen LogP contribution in [0.2, 0.25) is 5.02 Å². The van der Waals surface area contributed by atoms with Gasteiger partial charge in [0.1, 0.15) is 16.5 Å². The molecule has 0 aliphatic heterocycles. The zero-order chi connectivity index (χ0) is 20.5. The minimum absolute atomic E-state index is 0.0895. The van der Waals surface area contributed by atoms with Crippen LogP contribution in [0.4, 0.5) is 14.5 Å². The van der Waals surface area contributed by atoms with Gasteiger partial charge in [-0.2, -0.15) is 0 Å². The predicted molar refractivity (Wildman–Crippen MR) is 106 cm³/mol. The zero-order valence-corrected chi connectivity index (χ0v) is 17.1. The van der Waals surface area contributed by atoms with Gasteiger partial charge in [0.25, 0.3) is 10.0 Å². The van der Waals surface area contributed by atoms with Crippen molar-refractivity contribution in [3.63, 3.8) is 0 Å². The van der Waals surface area contributed by atoms with E-state index in [-0.39, 0.29) is 22.5 Å². The Morgan fingerprint density at radius 3 is 2.71 bits per heavy atom. The standard InChI is InChI=1S/C16H11BrClF2N5O2S/c17-11-6-13(20)14(7-12(11)19)23-28(26,27)16-8-25(4-3-22-24-21)15-5-9(18)1-2-10(15)16/h1-2,5-8,23H,3-4H2. The van der Waals surface area contributed by atoms with Gasteiger partial charge < -0.3 is 4.57 Å². The molecule has 1 N–H and O–H groups in total. The summed E-state index contributed by atoms with van der Waals surface area (Å²) in [5.74, 6) is -1.75. The summed E-state index contributed by atoms with van der Waals surface area (Å²) in [6, 6.07) is 6.16. The van der Waals surface area contributed by atoms with Gasteiger partial charge in [0.15, 0.2) is 0 Å². The predicted octanol–water partition coefficient (Wildman–Crippen LogP) is 5.45. The molecule has 0 aliphatic carbocycles. The molecule has 0 saturated carbocycles. The van der Waals surface area contributed by atoms with Crippen molar-refractivity contribution in [2.75, 3.05) is 11.3 Å². The SMILES string of the molecule is [N-]=[N+]=NCCn1cc(S(=O)(=O)Nc2cc(F)c(Br)cc2F)c2ccc(Cl)cc21. The van der Waals surface area contributed by atoms with E-state index in [9.17, 15) is 17.2 Å². The van der Waals surface area contributed by atoms with Crippen LogP contribution in [0.1, 0.15) is 0 Å². The zero-order valence-electron chi connectivity index (χ0n) is 13.9. The van der Waals surface area contributed by atoms with Crippen molar-refractivity contribution in [2.45, 2.75) is 11.4 Å². The van der Waals surface area contributed by atoms with Gasteiger partial charge in [-0.25, -0.2) is 17.2 Å². The Kier molecular flexibility index (Phi) is 5.80. The highest BCUT2D eigenvalue weighted by Crippen LogP contribution is 2.31. The molecule has 146 valence electrons. The van der Waals surface area contributed by atoms with E-state index in [0.29, 0.717) is 15.9 Å². The van der Waals surface area contributed by atoms with Crippen LogP contribution in [-0.2, 0) is 16.6 Å². The van der Waals surface area contributed by atoms with Crippen LogP contribution in [0.5, 0.6) is 0 Å².